The molecule has 0 spiro atoms. The minimum atomic E-state index is -0.485. The number of phenols is 3. The maximum atomic E-state index is 13.5. The highest BCUT2D eigenvalue weighted by Gasteiger charge is 2.23. The fraction of sp³-hybridized carbons (Fsp3) is 0.345. The summed E-state index contributed by atoms with van der Waals surface area (Å²) in [6.45, 7) is 10.0. The fourth-order valence-corrected chi connectivity index (χ4v) is 4.06. The van der Waals surface area contributed by atoms with E-state index >= 15 is 0 Å². The highest BCUT2D eigenvalue weighted by molar-refractivity contribution is 5.98. The Bertz CT molecular complexity index is 1410. The summed E-state index contributed by atoms with van der Waals surface area (Å²) in [5.41, 5.74) is 3.97. The van der Waals surface area contributed by atoms with Gasteiger partial charge in [-0.2, -0.15) is 0 Å². The second kappa shape index (κ2) is 10.7. The minimum Gasteiger partial charge on any atom is -0.507 e. The van der Waals surface area contributed by atoms with Crippen molar-refractivity contribution in [3.05, 3.63) is 68.4 Å². The highest BCUT2D eigenvalue weighted by atomic mass is 16.5. The second-order valence-electron chi connectivity index (χ2n) is 9.38. The Morgan fingerprint density at radius 3 is 2.23 bits per heavy atom. The van der Waals surface area contributed by atoms with Gasteiger partial charge in [0.25, 0.3) is 0 Å². The van der Waals surface area contributed by atoms with Crippen molar-refractivity contribution in [2.24, 2.45) is 0 Å². The summed E-state index contributed by atoms with van der Waals surface area (Å²) in [5, 5.41) is 32.2. The first-order valence-corrected chi connectivity index (χ1v) is 11.7. The van der Waals surface area contributed by atoms with Gasteiger partial charge in [-0.25, -0.2) is 0 Å². The van der Waals surface area contributed by atoms with E-state index in [9.17, 15) is 20.1 Å². The van der Waals surface area contributed by atoms with Crippen LogP contribution in [0.15, 0.2) is 56.3 Å². The number of phenolic OH excluding ortho intramolecular Hbond substituents is 3. The number of hydrogen-bond donors (Lipinski definition) is 3. The molecule has 3 aromatic rings. The van der Waals surface area contributed by atoms with Crippen LogP contribution < -0.4 is 10.2 Å². The molecule has 0 saturated carbocycles. The van der Waals surface area contributed by atoms with E-state index in [1.165, 1.54) is 18.7 Å². The van der Waals surface area contributed by atoms with E-state index in [1.54, 1.807) is 6.07 Å². The molecule has 3 N–H and O–H groups in total. The molecule has 0 unspecified atom stereocenters. The van der Waals surface area contributed by atoms with Crippen LogP contribution in [0.1, 0.15) is 58.6 Å². The average Bonchev–Trinajstić information content (AvgIpc) is 2.77. The summed E-state index contributed by atoms with van der Waals surface area (Å²) in [5.74, 6) is -0.624. The first-order valence-electron chi connectivity index (χ1n) is 11.7. The smallest absolute Gasteiger partial charge is 0.204 e. The number of fused-ring (bicyclic) bond motifs is 2. The number of allylic oxidation sites excluding steroid dienone is 6. The molecule has 1 heterocycles. The van der Waals surface area contributed by atoms with Gasteiger partial charge in [-0.15, -0.1) is 0 Å². The summed E-state index contributed by atoms with van der Waals surface area (Å²) in [7, 11) is 1.44. The molecular formula is C29H34O6. The zero-order valence-electron chi connectivity index (χ0n) is 21.3. The molecule has 3 rings (SSSR count). The summed E-state index contributed by atoms with van der Waals surface area (Å²) >= 11 is 0. The lowest BCUT2D eigenvalue weighted by molar-refractivity contribution is 0.369. The van der Waals surface area contributed by atoms with Crippen molar-refractivity contribution in [1.29, 1.82) is 0 Å². The van der Waals surface area contributed by atoms with E-state index in [-0.39, 0.29) is 44.9 Å². The molecule has 0 amide bonds. The number of hydrogen-bond acceptors (Lipinski definition) is 6. The molecule has 186 valence electrons. The van der Waals surface area contributed by atoms with Crippen molar-refractivity contribution in [2.75, 3.05) is 7.11 Å². The van der Waals surface area contributed by atoms with Gasteiger partial charge in [-0.3, -0.25) is 4.79 Å². The van der Waals surface area contributed by atoms with Gasteiger partial charge in [-0.1, -0.05) is 34.9 Å². The van der Waals surface area contributed by atoms with Gasteiger partial charge in [0.05, 0.1) is 12.5 Å². The molecule has 0 aliphatic rings. The summed E-state index contributed by atoms with van der Waals surface area (Å²) < 4.78 is 11.4. The van der Waals surface area contributed by atoms with E-state index in [4.69, 9.17) is 9.15 Å². The summed E-state index contributed by atoms with van der Waals surface area (Å²) in [4.78, 5) is 13.5. The molecule has 0 aliphatic heterocycles. The van der Waals surface area contributed by atoms with E-state index < -0.39 is 5.43 Å². The van der Waals surface area contributed by atoms with Gasteiger partial charge in [0.15, 0.2) is 11.3 Å². The van der Waals surface area contributed by atoms with Crippen LogP contribution in [0.5, 0.6) is 23.0 Å². The molecule has 0 bridgehead atoms. The lowest BCUT2D eigenvalue weighted by Crippen LogP contribution is -2.06. The Labute approximate surface area is 205 Å². The van der Waals surface area contributed by atoms with Gasteiger partial charge in [0.1, 0.15) is 22.5 Å². The Kier molecular flexibility index (Phi) is 7.95. The predicted molar refractivity (Wildman–Crippen MR) is 141 cm³/mol. The molecule has 0 saturated heterocycles. The maximum absolute atomic E-state index is 13.5. The molecule has 2 aromatic carbocycles. The van der Waals surface area contributed by atoms with Crippen LogP contribution >= 0.6 is 0 Å². The third-order valence-corrected chi connectivity index (χ3v) is 5.98. The van der Waals surface area contributed by atoms with Crippen LogP contribution in [0.25, 0.3) is 21.9 Å². The van der Waals surface area contributed by atoms with Crippen molar-refractivity contribution in [3.8, 4) is 23.0 Å². The van der Waals surface area contributed by atoms with Crippen LogP contribution in [0, 0.1) is 0 Å². The monoisotopic (exact) mass is 478 g/mol. The van der Waals surface area contributed by atoms with E-state index in [0.717, 1.165) is 24.0 Å². The number of rotatable bonds is 8. The highest BCUT2D eigenvalue weighted by Crippen LogP contribution is 2.41. The third-order valence-electron chi connectivity index (χ3n) is 5.98. The Balaban J connectivity index is 2.22. The van der Waals surface area contributed by atoms with Gasteiger partial charge >= 0.3 is 0 Å². The molecule has 6 heteroatoms. The first-order chi connectivity index (χ1) is 16.5. The SMILES string of the molecule is COc1c(CC=C(C)C)cc2c(=O)c3c(O)cc(O)c(C/C=C(\C)CCC=C(C)C)c3oc2c1O. The molecule has 0 atom stereocenters. The lowest BCUT2D eigenvalue weighted by atomic mass is 10.00. The quantitative estimate of drug-likeness (QED) is 0.243. The number of benzene rings is 2. The second-order valence-corrected chi connectivity index (χ2v) is 9.38. The molecular weight excluding hydrogens is 444 g/mol. The normalized spacial score (nSPS) is 11.7. The Hall–Kier alpha value is -3.67. The maximum Gasteiger partial charge on any atom is 0.204 e. The van der Waals surface area contributed by atoms with Crippen LogP contribution in [-0.2, 0) is 12.8 Å². The number of methoxy groups -OCH3 is 1. The predicted octanol–water partition coefficient (Wildman–Crippen LogP) is 6.82. The Morgan fingerprint density at radius 1 is 0.914 bits per heavy atom. The third kappa shape index (κ3) is 5.53. The van der Waals surface area contributed by atoms with Crippen molar-refractivity contribution < 1.29 is 24.5 Å². The van der Waals surface area contributed by atoms with Gasteiger partial charge in [0, 0.05) is 17.2 Å². The van der Waals surface area contributed by atoms with Gasteiger partial charge in [-0.05, 0) is 66.4 Å². The van der Waals surface area contributed by atoms with Crippen molar-refractivity contribution in [3.63, 3.8) is 0 Å². The first kappa shape index (κ1) is 25.9. The van der Waals surface area contributed by atoms with Crippen LogP contribution in [0.3, 0.4) is 0 Å². The minimum absolute atomic E-state index is 0.0291. The molecule has 0 fully saturated rings. The largest absolute Gasteiger partial charge is 0.507 e. The molecule has 1 aromatic heterocycles. The van der Waals surface area contributed by atoms with Crippen molar-refractivity contribution >= 4 is 21.9 Å². The molecule has 0 aliphatic carbocycles. The van der Waals surface area contributed by atoms with E-state index in [0.29, 0.717) is 24.0 Å². The average molecular weight is 479 g/mol. The Morgan fingerprint density at radius 2 is 1.60 bits per heavy atom. The van der Waals surface area contributed by atoms with Crippen LogP contribution in [0.4, 0.5) is 0 Å². The zero-order chi connectivity index (χ0) is 25.9. The van der Waals surface area contributed by atoms with Crippen molar-refractivity contribution in [2.45, 2.75) is 60.3 Å². The van der Waals surface area contributed by atoms with Gasteiger partial charge in [0.2, 0.25) is 11.2 Å². The van der Waals surface area contributed by atoms with E-state index in [2.05, 4.69) is 19.9 Å². The summed E-state index contributed by atoms with van der Waals surface area (Å²) in [6, 6.07) is 2.79. The summed E-state index contributed by atoms with van der Waals surface area (Å²) in [6.07, 6.45) is 8.63. The van der Waals surface area contributed by atoms with Gasteiger partial charge < -0.3 is 24.5 Å². The molecule has 0 radical (unpaired) electrons. The number of ether oxygens (including phenoxy) is 1. The lowest BCUT2D eigenvalue weighted by Gasteiger charge is -2.14. The van der Waals surface area contributed by atoms with Crippen LogP contribution in [0.2, 0.25) is 0 Å². The topological polar surface area (TPSA) is 100 Å². The van der Waals surface area contributed by atoms with E-state index in [1.807, 2.05) is 32.9 Å². The molecule has 35 heavy (non-hydrogen) atoms. The standard InChI is InChI=1S/C29H34O6/c1-16(2)8-7-9-18(5)11-13-20-22(30)15-23(31)24-25(32)21-14-19(12-10-17(3)4)27(34-6)26(33)29(21)35-28(20)24/h8,10-11,14-15,30-31,33H,7,9,12-13H2,1-6H3/b18-11+. The fourth-order valence-electron chi connectivity index (χ4n) is 4.06. The van der Waals surface area contributed by atoms with Crippen molar-refractivity contribution in [1.82, 2.24) is 0 Å². The molecule has 6 nitrogen and oxygen atoms in total. The number of aromatic hydroxyl groups is 3. The zero-order valence-corrected chi connectivity index (χ0v) is 21.3. The van der Waals surface area contributed by atoms with Crippen LogP contribution in [-0.4, -0.2) is 22.4 Å².